The summed E-state index contributed by atoms with van der Waals surface area (Å²) in [6.07, 6.45) is 0. The number of hydrogen-bond acceptors (Lipinski definition) is 4. The predicted molar refractivity (Wildman–Crippen MR) is 87.5 cm³/mol. The third-order valence-electron chi connectivity index (χ3n) is 4.68. The van der Waals surface area contributed by atoms with E-state index in [1.54, 1.807) is 13.8 Å². The van der Waals surface area contributed by atoms with Crippen molar-refractivity contribution in [2.75, 3.05) is 6.61 Å². The summed E-state index contributed by atoms with van der Waals surface area (Å²) in [6.45, 7) is 3.74. The van der Waals surface area contributed by atoms with E-state index in [1.807, 2.05) is 36.4 Å². The fraction of sp³-hybridized carbons (Fsp3) is 0.333. The molecule has 0 aromatic heterocycles. The highest BCUT2D eigenvalue weighted by molar-refractivity contribution is 5.92. The van der Waals surface area contributed by atoms with Crippen molar-refractivity contribution in [3.63, 3.8) is 0 Å². The van der Waals surface area contributed by atoms with Crippen LogP contribution in [0.25, 0.3) is 10.8 Å². The zero-order valence-electron chi connectivity index (χ0n) is 13.5. The summed E-state index contributed by atoms with van der Waals surface area (Å²) in [5.74, 6) is -0.404. The highest BCUT2D eigenvalue weighted by Crippen LogP contribution is 2.47. The molecule has 0 radical (unpaired) electrons. The molecule has 2 aromatic rings. The van der Waals surface area contributed by atoms with Crippen LogP contribution in [0.1, 0.15) is 25.5 Å². The number of carbonyl (C=O) groups excluding carboxylic acids is 2. The van der Waals surface area contributed by atoms with Crippen molar-refractivity contribution >= 4 is 22.8 Å². The van der Waals surface area contributed by atoms with Crippen LogP contribution < -0.4 is 15.4 Å². The second kappa shape index (κ2) is 5.12. The molecule has 1 fully saturated rings. The molecule has 0 aliphatic carbocycles. The number of esters is 1. The van der Waals surface area contributed by atoms with Crippen LogP contribution >= 0.6 is 0 Å². The third-order valence-corrected chi connectivity index (χ3v) is 4.68. The zero-order valence-corrected chi connectivity index (χ0v) is 13.5. The van der Waals surface area contributed by atoms with E-state index >= 15 is 0 Å². The second-order valence-electron chi connectivity index (χ2n) is 6.21. The number of ether oxygens (including phenoxy) is 2. The minimum absolute atomic E-state index is 0.272. The Balaban J connectivity index is 1.94. The van der Waals surface area contributed by atoms with Crippen molar-refractivity contribution in [2.24, 2.45) is 5.92 Å². The number of carbonyl (C=O) groups is 2. The predicted octanol–water partition coefficient (Wildman–Crippen LogP) is 2.48. The lowest BCUT2D eigenvalue weighted by Crippen LogP contribution is -2.70. The van der Waals surface area contributed by atoms with Crippen LogP contribution in [0.2, 0.25) is 0 Å². The topological polar surface area (TPSA) is 76.7 Å². The lowest BCUT2D eigenvalue weighted by atomic mass is 9.79. The van der Waals surface area contributed by atoms with Gasteiger partial charge in [0.2, 0.25) is 0 Å². The molecule has 3 atom stereocenters. The Bertz CT molecular complexity index is 850. The highest BCUT2D eigenvalue weighted by Gasteiger charge is 2.56. The lowest BCUT2D eigenvalue weighted by Gasteiger charge is -2.49. The first kappa shape index (κ1) is 14.8. The molecule has 24 heavy (non-hydrogen) atoms. The van der Waals surface area contributed by atoms with Crippen molar-refractivity contribution in [2.45, 2.75) is 25.6 Å². The molecule has 2 bridgehead atoms. The van der Waals surface area contributed by atoms with Crippen LogP contribution in [0.5, 0.6) is 5.75 Å². The van der Waals surface area contributed by atoms with Crippen LogP contribution in [0.4, 0.5) is 4.79 Å². The van der Waals surface area contributed by atoms with Crippen molar-refractivity contribution in [3.8, 4) is 5.75 Å². The van der Waals surface area contributed by atoms with Crippen molar-refractivity contribution in [1.82, 2.24) is 10.6 Å². The molecule has 2 amide bonds. The first-order valence-electron chi connectivity index (χ1n) is 7.99. The molecule has 0 unspecified atom stereocenters. The van der Waals surface area contributed by atoms with Gasteiger partial charge in [-0.05, 0) is 30.7 Å². The first-order chi connectivity index (χ1) is 11.5. The normalized spacial score (nSPS) is 27.5. The standard InChI is InChI=1S/C18H18N2O4/c1-3-23-16(21)14-15-13-11-7-5-4-6-10(11)8-9-12(13)24-18(14,2)20-17(22)19-15/h4-9,14-15H,3H2,1-2H3,(H2,19,20,22)/t14-,15+,18-/m0/s1. The Labute approximate surface area is 139 Å². The van der Waals surface area contributed by atoms with E-state index in [-0.39, 0.29) is 12.6 Å². The van der Waals surface area contributed by atoms with Gasteiger partial charge in [-0.25, -0.2) is 4.79 Å². The molecular formula is C18H18N2O4. The fourth-order valence-corrected chi connectivity index (χ4v) is 3.72. The van der Waals surface area contributed by atoms with Gasteiger partial charge in [0, 0.05) is 5.56 Å². The van der Waals surface area contributed by atoms with Gasteiger partial charge < -0.3 is 14.8 Å². The van der Waals surface area contributed by atoms with Gasteiger partial charge in [0.15, 0.2) is 5.72 Å². The van der Waals surface area contributed by atoms with Gasteiger partial charge in [0.25, 0.3) is 0 Å². The van der Waals surface area contributed by atoms with Gasteiger partial charge in [-0.3, -0.25) is 10.1 Å². The van der Waals surface area contributed by atoms with Gasteiger partial charge >= 0.3 is 12.0 Å². The second-order valence-corrected chi connectivity index (χ2v) is 6.21. The smallest absolute Gasteiger partial charge is 0.318 e. The maximum Gasteiger partial charge on any atom is 0.318 e. The molecule has 2 N–H and O–H groups in total. The molecule has 1 saturated heterocycles. The molecule has 0 spiro atoms. The number of urea groups is 1. The Kier molecular flexibility index (Phi) is 3.16. The van der Waals surface area contributed by atoms with E-state index in [9.17, 15) is 9.59 Å². The van der Waals surface area contributed by atoms with Crippen LogP contribution in [-0.2, 0) is 9.53 Å². The van der Waals surface area contributed by atoms with Gasteiger partial charge in [-0.1, -0.05) is 30.3 Å². The number of rotatable bonds is 2. The number of hydrogen-bond donors (Lipinski definition) is 2. The molecule has 2 aromatic carbocycles. The van der Waals surface area contributed by atoms with E-state index in [0.29, 0.717) is 5.75 Å². The summed E-state index contributed by atoms with van der Waals surface area (Å²) >= 11 is 0. The average molecular weight is 326 g/mol. The van der Waals surface area contributed by atoms with E-state index in [1.165, 1.54) is 0 Å². The number of nitrogens with one attached hydrogen (secondary N) is 2. The lowest BCUT2D eigenvalue weighted by molar-refractivity contribution is -0.162. The molecule has 2 aliphatic heterocycles. The summed E-state index contributed by atoms with van der Waals surface area (Å²) in [7, 11) is 0. The number of fused-ring (bicyclic) bond motifs is 6. The molecule has 124 valence electrons. The summed E-state index contributed by atoms with van der Waals surface area (Å²) in [6, 6.07) is 10.8. The van der Waals surface area contributed by atoms with Crippen molar-refractivity contribution < 1.29 is 19.1 Å². The fourth-order valence-electron chi connectivity index (χ4n) is 3.72. The average Bonchev–Trinajstić information content (AvgIpc) is 2.53. The molecule has 0 saturated carbocycles. The quantitative estimate of drug-likeness (QED) is 0.831. The Morgan fingerprint density at radius 1 is 1.29 bits per heavy atom. The summed E-state index contributed by atoms with van der Waals surface area (Å²) in [5, 5.41) is 7.59. The van der Waals surface area contributed by atoms with E-state index in [2.05, 4.69) is 10.6 Å². The first-order valence-corrected chi connectivity index (χ1v) is 7.99. The minimum Gasteiger partial charge on any atom is -0.467 e. The van der Waals surface area contributed by atoms with Crippen molar-refractivity contribution in [1.29, 1.82) is 0 Å². The third kappa shape index (κ3) is 2.02. The Morgan fingerprint density at radius 3 is 2.88 bits per heavy atom. The monoisotopic (exact) mass is 326 g/mol. The minimum atomic E-state index is -1.14. The highest BCUT2D eigenvalue weighted by atomic mass is 16.5. The maximum atomic E-state index is 12.6. The Morgan fingerprint density at radius 2 is 2.08 bits per heavy atom. The largest absolute Gasteiger partial charge is 0.467 e. The number of benzene rings is 2. The van der Waals surface area contributed by atoms with Crippen molar-refractivity contribution in [3.05, 3.63) is 42.0 Å². The van der Waals surface area contributed by atoms with Crippen LogP contribution in [-0.4, -0.2) is 24.3 Å². The molecule has 2 heterocycles. The van der Waals surface area contributed by atoms with Crippen LogP contribution in [0.15, 0.2) is 36.4 Å². The van der Waals surface area contributed by atoms with Gasteiger partial charge in [0.1, 0.15) is 11.7 Å². The van der Waals surface area contributed by atoms with E-state index in [4.69, 9.17) is 9.47 Å². The van der Waals surface area contributed by atoms with Crippen LogP contribution in [0, 0.1) is 5.92 Å². The SMILES string of the molecule is CCOC(=O)[C@@H]1[C@@H]2NC(=O)N[C@@]1(C)Oc1ccc3ccccc3c12. The molecule has 4 rings (SSSR count). The zero-order chi connectivity index (χ0) is 16.9. The maximum absolute atomic E-state index is 12.6. The van der Waals surface area contributed by atoms with Gasteiger partial charge in [-0.2, -0.15) is 0 Å². The Hall–Kier alpha value is -2.76. The summed E-state index contributed by atoms with van der Waals surface area (Å²) < 4.78 is 11.3. The summed E-state index contributed by atoms with van der Waals surface area (Å²) in [4.78, 5) is 24.7. The number of amides is 2. The molecule has 6 nitrogen and oxygen atoms in total. The summed E-state index contributed by atoms with van der Waals surface area (Å²) in [5.41, 5.74) is -0.326. The van der Waals surface area contributed by atoms with E-state index in [0.717, 1.165) is 16.3 Å². The van der Waals surface area contributed by atoms with Crippen LogP contribution in [0.3, 0.4) is 0 Å². The van der Waals surface area contributed by atoms with Gasteiger partial charge in [0.05, 0.1) is 12.6 Å². The van der Waals surface area contributed by atoms with E-state index < -0.39 is 23.7 Å². The molecule has 6 heteroatoms. The molecular weight excluding hydrogens is 308 g/mol. The van der Waals surface area contributed by atoms with Gasteiger partial charge in [-0.15, -0.1) is 0 Å². The molecule has 2 aliphatic rings.